The third kappa shape index (κ3) is 4.10. The van der Waals surface area contributed by atoms with Gasteiger partial charge in [-0.05, 0) is 25.1 Å². The van der Waals surface area contributed by atoms with Crippen molar-refractivity contribution in [1.29, 1.82) is 0 Å². The van der Waals surface area contributed by atoms with Gasteiger partial charge < -0.3 is 20.5 Å². The number of carbonyl (C=O) groups excluding carboxylic acids is 3. The van der Waals surface area contributed by atoms with Crippen molar-refractivity contribution in [2.45, 2.75) is 13.0 Å². The molecule has 3 N–H and O–H groups in total. The summed E-state index contributed by atoms with van der Waals surface area (Å²) in [5, 5.41) is 0.568. The molecule has 0 aliphatic carbocycles. The van der Waals surface area contributed by atoms with E-state index in [4.69, 9.17) is 5.73 Å². The first-order valence-electron chi connectivity index (χ1n) is 11.2. The average molecular weight is 470 g/mol. The number of H-pyrrole nitrogens is 1. The molecule has 1 atom stereocenters. The Kier molecular flexibility index (Phi) is 5.69. The Morgan fingerprint density at radius 2 is 1.83 bits per heavy atom. The Labute approximate surface area is 200 Å². The quantitative estimate of drug-likeness (QED) is 0.345. The molecule has 10 heteroatoms. The number of hydrogen-bond acceptors (Lipinski definition) is 7. The molecule has 4 aromatic rings. The number of amides is 2. The number of benzene rings is 1. The monoisotopic (exact) mass is 469 g/mol. The van der Waals surface area contributed by atoms with Gasteiger partial charge in [0.2, 0.25) is 0 Å². The number of Topliss-reactive ketones (excluding diaryl/α,β-unsaturated/α-hetero) is 1. The molecule has 3 aromatic heterocycles. The number of carbonyl (C=O) groups is 3. The van der Waals surface area contributed by atoms with Gasteiger partial charge in [0.15, 0.2) is 0 Å². The lowest BCUT2D eigenvalue weighted by Crippen LogP contribution is -2.56. The lowest BCUT2D eigenvalue weighted by atomic mass is 10.1. The summed E-state index contributed by atoms with van der Waals surface area (Å²) in [5.74, 6) is -1.02. The lowest BCUT2D eigenvalue weighted by Gasteiger charge is -2.39. The second-order valence-corrected chi connectivity index (χ2v) is 8.40. The zero-order valence-corrected chi connectivity index (χ0v) is 19.0. The zero-order valence-electron chi connectivity index (χ0n) is 19.0. The maximum absolute atomic E-state index is 13.2. The number of nitrogens with two attached hydrogens (primary N) is 1. The number of pyridine rings is 1. The highest BCUT2D eigenvalue weighted by atomic mass is 16.2. The van der Waals surface area contributed by atoms with Crippen molar-refractivity contribution >= 4 is 34.3 Å². The van der Waals surface area contributed by atoms with E-state index in [9.17, 15) is 14.4 Å². The average Bonchev–Trinajstić information content (AvgIpc) is 3.33. The van der Waals surface area contributed by atoms with Crippen LogP contribution in [0.1, 0.15) is 27.6 Å². The fourth-order valence-corrected chi connectivity index (χ4v) is 4.35. The minimum absolute atomic E-state index is 0.0843. The molecule has 0 bridgehead atoms. The van der Waals surface area contributed by atoms with Crippen LogP contribution in [0.5, 0.6) is 0 Å². The van der Waals surface area contributed by atoms with Crippen molar-refractivity contribution in [2.75, 3.05) is 25.4 Å². The summed E-state index contributed by atoms with van der Waals surface area (Å²) in [7, 11) is 0. The molecule has 0 radical (unpaired) electrons. The molecule has 4 heterocycles. The van der Waals surface area contributed by atoms with Crippen LogP contribution in [0.3, 0.4) is 0 Å². The SMILES string of the molecule is C[C@@H]1CN(C(=O)C(=O)c2c[nH]c3c(-c4cnc(N)cn4)nccc23)CCN1C(=O)c1ccccc1. The number of nitrogens with one attached hydrogen (secondary N) is 1. The van der Waals surface area contributed by atoms with E-state index in [0.29, 0.717) is 34.4 Å². The third-order valence-electron chi connectivity index (χ3n) is 6.15. The van der Waals surface area contributed by atoms with Crippen LogP contribution in [0, 0.1) is 0 Å². The van der Waals surface area contributed by atoms with Gasteiger partial charge in [-0.1, -0.05) is 18.2 Å². The Morgan fingerprint density at radius 3 is 2.54 bits per heavy atom. The van der Waals surface area contributed by atoms with Crippen molar-refractivity contribution < 1.29 is 14.4 Å². The van der Waals surface area contributed by atoms with Crippen LogP contribution >= 0.6 is 0 Å². The van der Waals surface area contributed by atoms with Crippen LogP contribution in [-0.2, 0) is 4.79 Å². The van der Waals surface area contributed by atoms with Gasteiger partial charge >= 0.3 is 0 Å². The molecule has 5 rings (SSSR count). The van der Waals surface area contributed by atoms with Gasteiger partial charge in [0.05, 0.1) is 23.5 Å². The molecular weight excluding hydrogens is 446 g/mol. The van der Waals surface area contributed by atoms with Crippen LogP contribution in [0.2, 0.25) is 0 Å². The van der Waals surface area contributed by atoms with E-state index in [1.165, 1.54) is 23.5 Å². The van der Waals surface area contributed by atoms with Gasteiger partial charge in [-0.25, -0.2) is 9.97 Å². The molecule has 1 fully saturated rings. The van der Waals surface area contributed by atoms with E-state index >= 15 is 0 Å². The predicted octanol–water partition coefficient (Wildman–Crippen LogP) is 2.16. The molecule has 0 spiro atoms. The normalized spacial score (nSPS) is 15.9. The van der Waals surface area contributed by atoms with E-state index in [1.54, 1.807) is 29.3 Å². The fraction of sp³-hybridized carbons (Fsp3) is 0.200. The van der Waals surface area contributed by atoms with E-state index in [0.717, 1.165) is 0 Å². The lowest BCUT2D eigenvalue weighted by molar-refractivity contribution is -0.128. The smallest absolute Gasteiger partial charge is 0.295 e. The summed E-state index contributed by atoms with van der Waals surface area (Å²) < 4.78 is 0. The number of hydrogen-bond donors (Lipinski definition) is 2. The molecule has 35 heavy (non-hydrogen) atoms. The van der Waals surface area contributed by atoms with E-state index < -0.39 is 11.7 Å². The topological polar surface area (TPSA) is 138 Å². The number of rotatable bonds is 4. The maximum atomic E-state index is 13.2. The van der Waals surface area contributed by atoms with Gasteiger partial charge in [0.25, 0.3) is 17.6 Å². The zero-order chi connectivity index (χ0) is 24.5. The molecule has 1 aliphatic rings. The second-order valence-electron chi connectivity index (χ2n) is 8.40. The third-order valence-corrected chi connectivity index (χ3v) is 6.15. The number of aromatic amines is 1. The van der Waals surface area contributed by atoms with E-state index in [-0.39, 0.29) is 36.4 Å². The minimum atomic E-state index is -0.619. The molecule has 0 unspecified atom stereocenters. The minimum Gasteiger partial charge on any atom is -0.382 e. The number of ketones is 1. The number of nitrogens with zero attached hydrogens (tertiary/aromatic N) is 5. The summed E-state index contributed by atoms with van der Waals surface area (Å²) in [6.07, 6.45) is 6.00. The van der Waals surface area contributed by atoms with E-state index in [1.807, 2.05) is 25.1 Å². The van der Waals surface area contributed by atoms with E-state index in [2.05, 4.69) is 19.9 Å². The molecule has 176 valence electrons. The molecule has 2 amide bonds. The number of fused-ring (bicyclic) bond motifs is 1. The highest BCUT2D eigenvalue weighted by Gasteiger charge is 2.33. The summed E-state index contributed by atoms with van der Waals surface area (Å²) in [6.45, 7) is 2.79. The van der Waals surface area contributed by atoms with Crippen molar-refractivity contribution in [2.24, 2.45) is 0 Å². The summed E-state index contributed by atoms with van der Waals surface area (Å²) in [5.41, 5.74) is 8.05. The number of anilines is 1. The van der Waals surface area contributed by atoms with Crippen molar-refractivity contribution in [3.05, 3.63) is 72.3 Å². The molecule has 1 aromatic carbocycles. The van der Waals surface area contributed by atoms with Gasteiger partial charge in [0, 0.05) is 49.0 Å². The van der Waals surface area contributed by atoms with Gasteiger partial charge in [0.1, 0.15) is 17.2 Å². The standard InChI is InChI=1S/C25H23N7O3/c1-15-14-31(9-10-32(15)24(34)16-5-3-2-4-6-16)25(35)23(33)18-11-30-21-17(18)7-8-27-22(21)19-12-29-20(26)13-28-19/h2-8,11-13,15,30H,9-10,14H2,1H3,(H2,26,29)/t15-/m1/s1. The van der Waals surface area contributed by atoms with Crippen LogP contribution < -0.4 is 5.73 Å². The molecule has 10 nitrogen and oxygen atoms in total. The van der Waals surface area contributed by atoms with Crippen molar-refractivity contribution in [1.82, 2.24) is 29.7 Å². The molecular formula is C25H23N7O3. The Morgan fingerprint density at radius 1 is 1.03 bits per heavy atom. The summed E-state index contributed by atoms with van der Waals surface area (Å²) in [4.78, 5) is 58.1. The van der Waals surface area contributed by atoms with Crippen LogP contribution in [0.4, 0.5) is 5.82 Å². The largest absolute Gasteiger partial charge is 0.382 e. The van der Waals surface area contributed by atoms with Crippen LogP contribution in [-0.4, -0.2) is 73.0 Å². The summed E-state index contributed by atoms with van der Waals surface area (Å²) >= 11 is 0. The van der Waals surface area contributed by atoms with Gasteiger partial charge in [-0.2, -0.15) is 0 Å². The van der Waals surface area contributed by atoms with Crippen LogP contribution in [0.15, 0.2) is 61.2 Å². The first-order valence-corrected chi connectivity index (χ1v) is 11.2. The Hall–Kier alpha value is -4.60. The summed E-state index contributed by atoms with van der Waals surface area (Å²) in [6, 6.07) is 10.5. The van der Waals surface area contributed by atoms with Crippen molar-refractivity contribution in [3.63, 3.8) is 0 Å². The first-order chi connectivity index (χ1) is 16.9. The Bertz CT molecular complexity index is 1420. The maximum Gasteiger partial charge on any atom is 0.295 e. The van der Waals surface area contributed by atoms with Crippen molar-refractivity contribution in [3.8, 4) is 11.4 Å². The number of piperazine rings is 1. The Balaban J connectivity index is 1.34. The molecule has 1 aliphatic heterocycles. The van der Waals surface area contributed by atoms with Crippen LogP contribution in [0.25, 0.3) is 22.3 Å². The molecule has 0 saturated carbocycles. The first kappa shape index (κ1) is 22.2. The number of nitrogen functional groups attached to an aromatic ring is 1. The van der Waals surface area contributed by atoms with Gasteiger partial charge in [-0.15, -0.1) is 0 Å². The number of aromatic nitrogens is 4. The highest BCUT2D eigenvalue weighted by Crippen LogP contribution is 2.27. The highest BCUT2D eigenvalue weighted by molar-refractivity contribution is 6.45. The van der Waals surface area contributed by atoms with Gasteiger partial charge in [-0.3, -0.25) is 19.4 Å². The fourth-order valence-electron chi connectivity index (χ4n) is 4.35. The predicted molar refractivity (Wildman–Crippen MR) is 129 cm³/mol. The second kappa shape index (κ2) is 8.98. The molecule has 1 saturated heterocycles.